The molecule has 2 aliphatic rings. The van der Waals surface area contributed by atoms with Crippen molar-refractivity contribution >= 4 is 81.2 Å². The quantitative estimate of drug-likeness (QED) is 0.0928. The van der Waals surface area contributed by atoms with Crippen LogP contribution >= 0.6 is 0 Å². The summed E-state index contributed by atoms with van der Waals surface area (Å²) in [4.78, 5) is 67.3. The first-order valence-corrected chi connectivity index (χ1v) is 22.7. The van der Waals surface area contributed by atoms with Gasteiger partial charge in [0.15, 0.2) is 0 Å². The summed E-state index contributed by atoms with van der Waals surface area (Å²) in [7, 11) is 0. The smallest absolute Gasteiger partial charge is 0.229 e. The molecule has 0 unspecified atom stereocenters. The lowest BCUT2D eigenvalue weighted by Crippen LogP contribution is -2.27. The number of nitrogens with zero attached hydrogens (tertiary/aromatic N) is 3. The van der Waals surface area contributed by atoms with E-state index in [4.69, 9.17) is 15.0 Å². The summed E-state index contributed by atoms with van der Waals surface area (Å²) in [6.45, 7) is 17.0. The molecule has 0 spiro atoms. The Morgan fingerprint density at radius 1 is 0.426 bits per heavy atom. The topological polar surface area (TPSA) is 173 Å². The molecule has 12 heteroatoms. The Morgan fingerprint density at radius 3 is 1.04 bits per heavy atom. The van der Waals surface area contributed by atoms with E-state index in [1.54, 1.807) is 12.4 Å². The highest BCUT2D eigenvalue weighted by Gasteiger charge is 2.27. The zero-order valence-electron chi connectivity index (χ0n) is 39.8. The Hall–Kier alpha value is -8.12. The molecule has 0 atom stereocenters. The SMILES string of the molecule is CC(C)(C)C(=O)Nc1ccccc1-c1c2nc(c(-c3ccccc3NC(=O)C(C)(C)C)c3ccc([nH]3)c(-c3ccccc3NC(=O)C(C)(C)C)c3nc(c(-c4ncc[nH]4)c4ccc1[nH]4)C=C3)C=C2. The van der Waals surface area contributed by atoms with Gasteiger partial charge in [0.05, 0.1) is 33.9 Å². The standard InChI is InChI=1S/C56H55N9O3/c1-54(2,3)51(66)63-35-19-13-10-16-32(35)46-38-22-24-40(59-38)47(33-17-11-14-20-36(33)64-52(67)55(4,5)6)42-26-28-44(61-42)49(50-57-30-31-58-50)45-29-27-43(62-45)48(41-25-23-39(46)60-41)34-18-12-15-21-37(34)65-53(68)56(7,8)9/h10-31,59,62H,1-9H3,(H,57,58)(H,63,66)(H,64,67)(H,65,68). The van der Waals surface area contributed by atoms with Gasteiger partial charge >= 0.3 is 0 Å². The Morgan fingerprint density at radius 2 is 0.735 bits per heavy atom. The lowest BCUT2D eigenvalue weighted by atomic mass is 9.94. The van der Waals surface area contributed by atoms with Crippen molar-refractivity contribution < 1.29 is 14.4 Å². The summed E-state index contributed by atoms with van der Waals surface area (Å²) in [6.07, 6.45) is 11.4. The lowest BCUT2D eigenvalue weighted by Gasteiger charge is -2.20. The fourth-order valence-electron chi connectivity index (χ4n) is 8.07. The van der Waals surface area contributed by atoms with Gasteiger partial charge < -0.3 is 30.9 Å². The third-order valence-electron chi connectivity index (χ3n) is 11.9. The normalized spacial score (nSPS) is 12.5. The van der Waals surface area contributed by atoms with E-state index in [0.717, 1.165) is 61.0 Å². The summed E-state index contributed by atoms with van der Waals surface area (Å²) >= 11 is 0. The second-order valence-corrected chi connectivity index (χ2v) is 20.2. The second kappa shape index (κ2) is 17.3. The molecule has 0 saturated carbocycles. The number of carbonyl (C=O) groups is 3. The van der Waals surface area contributed by atoms with E-state index < -0.39 is 16.2 Å². The molecule has 0 aliphatic carbocycles. The molecule has 6 heterocycles. The molecule has 6 N–H and O–H groups in total. The van der Waals surface area contributed by atoms with Gasteiger partial charge in [0.1, 0.15) is 5.82 Å². The molecule has 2 aliphatic heterocycles. The molecular formula is C56H55N9O3. The van der Waals surface area contributed by atoms with Gasteiger partial charge in [-0.1, -0.05) is 117 Å². The van der Waals surface area contributed by atoms with Crippen molar-refractivity contribution in [2.45, 2.75) is 62.3 Å². The van der Waals surface area contributed by atoms with Crippen LogP contribution in [0.25, 0.3) is 91.1 Å². The van der Waals surface area contributed by atoms with Gasteiger partial charge in [-0.2, -0.15) is 0 Å². The largest absolute Gasteiger partial charge is 0.354 e. The van der Waals surface area contributed by atoms with Gasteiger partial charge in [0, 0.05) is 95.6 Å². The molecule has 7 aromatic rings. The predicted molar refractivity (Wildman–Crippen MR) is 277 cm³/mol. The first-order valence-electron chi connectivity index (χ1n) is 22.7. The fourth-order valence-corrected chi connectivity index (χ4v) is 8.07. The third-order valence-corrected chi connectivity index (χ3v) is 11.9. The van der Waals surface area contributed by atoms with E-state index in [1.807, 2.05) is 184 Å². The van der Waals surface area contributed by atoms with Crippen LogP contribution in [0.2, 0.25) is 0 Å². The van der Waals surface area contributed by atoms with E-state index >= 15 is 0 Å². The number of carbonyl (C=O) groups excluding carboxylic acids is 3. The Labute approximate surface area is 395 Å². The minimum atomic E-state index is -0.669. The number of amides is 3. The van der Waals surface area contributed by atoms with Gasteiger partial charge in [-0.25, -0.2) is 15.0 Å². The van der Waals surface area contributed by atoms with Gasteiger partial charge in [-0.05, 0) is 66.8 Å². The molecule has 342 valence electrons. The zero-order chi connectivity index (χ0) is 48.1. The number of hydrogen-bond acceptors (Lipinski definition) is 6. The van der Waals surface area contributed by atoms with Crippen LogP contribution in [0.4, 0.5) is 17.1 Å². The van der Waals surface area contributed by atoms with Crippen molar-refractivity contribution in [3.63, 3.8) is 0 Å². The highest BCUT2D eigenvalue weighted by atomic mass is 16.2. The summed E-state index contributed by atoms with van der Waals surface area (Å²) < 4.78 is 0. The van der Waals surface area contributed by atoms with E-state index in [0.29, 0.717) is 45.7 Å². The molecule has 3 amide bonds. The average Bonchev–Trinajstić information content (AvgIpc) is 4.15. The van der Waals surface area contributed by atoms with Crippen molar-refractivity contribution in [2.75, 3.05) is 16.0 Å². The van der Waals surface area contributed by atoms with Crippen LogP contribution in [-0.2, 0) is 14.4 Å². The van der Waals surface area contributed by atoms with Crippen LogP contribution in [0, 0.1) is 16.2 Å². The Kier molecular flexibility index (Phi) is 11.4. The number of H-pyrrole nitrogens is 3. The minimum Gasteiger partial charge on any atom is -0.354 e. The van der Waals surface area contributed by atoms with E-state index in [1.165, 1.54) is 0 Å². The molecule has 3 aromatic carbocycles. The number of benzene rings is 3. The lowest BCUT2D eigenvalue weighted by molar-refractivity contribution is -0.123. The number of aromatic nitrogens is 6. The molecule has 68 heavy (non-hydrogen) atoms. The highest BCUT2D eigenvalue weighted by molar-refractivity contribution is 6.07. The number of hydrogen-bond donors (Lipinski definition) is 6. The summed E-state index contributed by atoms with van der Waals surface area (Å²) in [5.41, 5.74) is 10.6. The fraction of sp³-hybridized carbons (Fsp3) is 0.214. The molecule has 9 rings (SSSR count). The van der Waals surface area contributed by atoms with Crippen LogP contribution in [0.5, 0.6) is 0 Å². The maximum Gasteiger partial charge on any atom is 0.229 e. The summed E-state index contributed by atoms with van der Waals surface area (Å²) in [6, 6.07) is 31.3. The third kappa shape index (κ3) is 8.80. The first-order chi connectivity index (χ1) is 32.3. The number of aromatic amines is 3. The average molecular weight is 902 g/mol. The van der Waals surface area contributed by atoms with Crippen LogP contribution in [0.1, 0.15) is 85.1 Å². The first kappa shape index (κ1) is 45.1. The Bertz CT molecular complexity index is 3320. The van der Waals surface area contributed by atoms with Crippen LogP contribution in [0.3, 0.4) is 0 Å². The van der Waals surface area contributed by atoms with E-state index in [-0.39, 0.29) is 17.7 Å². The van der Waals surface area contributed by atoms with Crippen LogP contribution in [0.15, 0.2) is 109 Å². The number of para-hydroxylation sites is 3. The molecule has 4 aromatic heterocycles. The summed E-state index contributed by atoms with van der Waals surface area (Å²) in [5.74, 6) is 0.213. The van der Waals surface area contributed by atoms with E-state index in [2.05, 4.69) is 30.9 Å². The maximum atomic E-state index is 13.7. The Balaban J connectivity index is 1.44. The number of anilines is 3. The van der Waals surface area contributed by atoms with Crippen molar-refractivity contribution in [3.8, 4) is 44.8 Å². The molecule has 8 bridgehead atoms. The van der Waals surface area contributed by atoms with Crippen LogP contribution in [-0.4, -0.2) is 47.6 Å². The predicted octanol–water partition coefficient (Wildman–Crippen LogP) is 13.0. The number of imidazole rings is 1. The maximum absolute atomic E-state index is 13.7. The summed E-state index contributed by atoms with van der Waals surface area (Å²) in [5, 5.41) is 9.62. The monoisotopic (exact) mass is 901 g/mol. The number of rotatable bonds is 7. The van der Waals surface area contributed by atoms with E-state index in [9.17, 15) is 14.4 Å². The van der Waals surface area contributed by atoms with Crippen molar-refractivity contribution in [1.29, 1.82) is 0 Å². The van der Waals surface area contributed by atoms with Gasteiger partial charge in [0.25, 0.3) is 0 Å². The van der Waals surface area contributed by atoms with Crippen molar-refractivity contribution in [3.05, 3.63) is 132 Å². The van der Waals surface area contributed by atoms with Gasteiger partial charge in [-0.3, -0.25) is 14.4 Å². The van der Waals surface area contributed by atoms with Crippen molar-refractivity contribution in [1.82, 2.24) is 29.9 Å². The van der Waals surface area contributed by atoms with Crippen LogP contribution < -0.4 is 16.0 Å². The van der Waals surface area contributed by atoms with Gasteiger partial charge in [-0.15, -0.1) is 0 Å². The molecule has 0 fully saturated rings. The highest BCUT2D eigenvalue weighted by Crippen LogP contribution is 2.42. The molecular weight excluding hydrogens is 847 g/mol. The van der Waals surface area contributed by atoms with Crippen molar-refractivity contribution in [2.24, 2.45) is 16.2 Å². The number of nitrogens with one attached hydrogen (secondary N) is 6. The minimum absolute atomic E-state index is 0.129. The molecule has 0 radical (unpaired) electrons. The molecule has 0 saturated heterocycles. The zero-order valence-corrected chi connectivity index (χ0v) is 39.8. The second-order valence-electron chi connectivity index (χ2n) is 20.2. The van der Waals surface area contributed by atoms with Gasteiger partial charge in [0.2, 0.25) is 17.7 Å². The molecule has 12 nitrogen and oxygen atoms in total. The number of fused-ring (bicyclic) bond motifs is 8.